The van der Waals surface area contributed by atoms with E-state index in [1.807, 2.05) is 22.4 Å². The van der Waals surface area contributed by atoms with Gasteiger partial charge in [-0.3, -0.25) is 14.0 Å². The first kappa shape index (κ1) is 25.2. The molecule has 1 saturated carbocycles. The second kappa shape index (κ2) is 12.1. The second-order valence-electron chi connectivity index (χ2n) is 8.73. The summed E-state index contributed by atoms with van der Waals surface area (Å²) in [6.45, 7) is 0.310. The van der Waals surface area contributed by atoms with Gasteiger partial charge in [0.05, 0.1) is 30.9 Å². The van der Waals surface area contributed by atoms with Gasteiger partial charge in [0.1, 0.15) is 4.34 Å². The van der Waals surface area contributed by atoms with Crippen molar-refractivity contribution in [2.24, 2.45) is 5.41 Å². The number of carboxylic acids is 1. The highest BCUT2D eigenvalue weighted by molar-refractivity contribution is 8.01. The van der Waals surface area contributed by atoms with Crippen molar-refractivity contribution in [3.63, 3.8) is 0 Å². The zero-order valence-corrected chi connectivity index (χ0v) is 20.0. The minimum Gasteiger partial charge on any atom is -0.481 e. The Morgan fingerprint density at radius 1 is 1.44 bits per heavy atom. The SMILES string of the molecule is O=C(O)CCc1csc(SCCN2C(=O)CC[C@@H]2/C=C/[C@@H](O)C2(CCCCF)CCC2)n1. The maximum atomic E-state index is 12.5. The number of aliphatic carboxylic acids is 1. The molecule has 178 valence electrons. The molecule has 3 rings (SSSR count). The summed E-state index contributed by atoms with van der Waals surface area (Å²) in [6, 6.07) is 0.00291. The fourth-order valence-electron chi connectivity index (χ4n) is 4.52. The number of thioether (sulfide) groups is 1. The molecule has 2 N–H and O–H groups in total. The van der Waals surface area contributed by atoms with Gasteiger partial charge < -0.3 is 15.1 Å². The number of carbonyl (C=O) groups is 2. The highest BCUT2D eigenvalue weighted by Gasteiger charge is 2.41. The number of aryl methyl sites for hydroxylation is 1. The van der Waals surface area contributed by atoms with Crippen LogP contribution in [0.3, 0.4) is 0 Å². The van der Waals surface area contributed by atoms with Crippen molar-refractivity contribution in [3.05, 3.63) is 23.2 Å². The average Bonchev–Trinajstić information content (AvgIpc) is 3.33. The smallest absolute Gasteiger partial charge is 0.303 e. The number of rotatable bonds is 14. The molecule has 1 amide bonds. The van der Waals surface area contributed by atoms with Crippen molar-refractivity contribution < 1.29 is 24.2 Å². The maximum Gasteiger partial charge on any atom is 0.303 e. The lowest BCUT2D eigenvalue weighted by molar-refractivity contribution is -0.137. The maximum absolute atomic E-state index is 12.5. The molecular weight excluding hydrogens is 451 g/mol. The number of carboxylic acid groups (broad SMARTS) is 1. The monoisotopic (exact) mass is 484 g/mol. The van der Waals surface area contributed by atoms with Crippen molar-refractivity contribution in [3.8, 4) is 0 Å². The molecule has 0 radical (unpaired) electrons. The van der Waals surface area contributed by atoms with Gasteiger partial charge >= 0.3 is 5.97 Å². The van der Waals surface area contributed by atoms with E-state index < -0.39 is 12.1 Å². The van der Waals surface area contributed by atoms with Crippen LogP contribution in [0, 0.1) is 5.41 Å². The Morgan fingerprint density at radius 3 is 2.94 bits per heavy atom. The van der Waals surface area contributed by atoms with E-state index in [0.29, 0.717) is 25.8 Å². The molecule has 32 heavy (non-hydrogen) atoms. The Morgan fingerprint density at radius 2 is 2.25 bits per heavy atom. The van der Waals surface area contributed by atoms with E-state index in [2.05, 4.69) is 4.98 Å². The van der Waals surface area contributed by atoms with Gasteiger partial charge in [-0.25, -0.2) is 4.98 Å². The summed E-state index contributed by atoms with van der Waals surface area (Å²) in [5, 5.41) is 21.5. The standard InChI is InChI=1S/C23H33FN2O4S2/c24-13-2-1-10-23(11-3-12-23)19(27)7-5-18-6-8-20(28)26(18)14-15-31-22-25-17(16-32-22)4-9-21(29)30/h5,7,16,18-19,27H,1-4,6,8-15H2,(H,29,30)/b7-5+/t18-,19+/m0/s1. The molecule has 0 unspecified atom stereocenters. The third kappa shape index (κ3) is 6.78. The number of halogens is 1. The minimum absolute atomic E-state index is 0.00291. The Hall–Kier alpha value is -1.45. The first-order valence-electron chi connectivity index (χ1n) is 11.4. The van der Waals surface area contributed by atoms with Gasteiger partial charge in [0.25, 0.3) is 0 Å². The number of nitrogens with zero attached hydrogens (tertiary/aromatic N) is 2. The van der Waals surface area contributed by atoms with Gasteiger partial charge in [0, 0.05) is 30.5 Å². The number of aliphatic hydroxyl groups is 1. The van der Waals surface area contributed by atoms with Crippen molar-refractivity contribution in [2.45, 2.75) is 80.7 Å². The third-order valence-corrected chi connectivity index (χ3v) is 8.66. The summed E-state index contributed by atoms with van der Waals surface area (Å²) in [4.78, 5) is 29.4. The molecule has 0 bridgehead atoms. The van der Waals surface area contributed by atoms with Gasteiger partial charge in [-0.15, -0.1) is 11.3 Å². The number of aliphatic hydroxyl groups excluding tert-OH is 1. The summed E-state index contributed by atoms with van der Waals surface area (Å²) >= 11 is 3.09. The molecule has 1 aliphatic carbocycles. The Balaban J connectivity index is 1.48. The number of likely N-dealkylation sites (tertiary alicyclic amines) is 1. The second-order valence-corrected chi connectivity index (χ2v) is 10.9. The fraction of sp³-hybridized carbons (Fsp3) is 0.696. The highest BCUT2D eigenvalue weighted by atomic mass is 32.2. The molecule has 6 nitrogen and oxygen atoms in total. The molecule has 1 saturated heterocycles. The number of unbranched alkanes of at least 4 members (excludes halogenated alkanes) is 1. The summed E-state index contributed by atoms with van der Waals surface area (Å²) in [5.41, 5.74) is 0.682. The van der Waals surface area contributed by atoms with Crippen LogP contribution in [0.1, 0.15) is 63.5 Å². The summed E-state index contributed by atoms with van der Waals surface area (Å²) in [7, 11) is 0. The van der Waals surface area contributed by atoms with E-state index in [1.165, 1.54) is 11.3 Å². The van der Waals surface area contributed by atoms with Crippen molar-refractivity contribution in [1.29, 1.82) is 0 Å². The predicted octanol–water partition coefficient (Wildman–Crippen LogP) is 4.47. The summed E-state index contributed by atoms with van der Waals surface area (Å²) in [5.74, 6) is 0.0294. The molecule has 2 fully saturated rings. The molecular formula is C23H33FN2O4S2. The Labute approximate surface area is 197 Å². The highest BCUT2D eigenvalue weighted by Crippen LogP contribution is 2.48. The van der Waals surface area contributed by atoms with Crippen molar-refractivity contribution in [2.75, 3.05) is 19.0 Å². The fourth-order valence-corrected chi connectivity index (χ4v) is 6.40. The zero-order valence-electron chi connectivity index (χ0n) is 18.4. The largest absolute Gasteiger partial charge is 0.481 e. The van der Waals surface area contributed by atoms with Gasteiger partial charge in [0.2, 0.25) is 5.91 Å². The molecule has 1 aromatic rings. The van der Waals surface area contributed by atoms with Crippen molar-refractivity contribution >= 4 is 35.0 Å². The molecule has 0 spiro atoms. The molecule has 1 aromatic heterocycles. The van der Waals surface area contributed by atoms with Crippen LogP contribution in [0.2, 0.25) is 0 Å². The van der Waals surface area contributed by atoms with E-state index in [1.54, 1.807) is 11.8 Å². The van der Waals surface area contributed by atoms with Gasteiger partial charge in [0.15, 0.2) is 0 Å². The Bertz CT molecular complexity index is 797. The van der Waals surface area contributed by atoms with E-state index in [9.17, 15) is 19.1 Å². The number of alkyl halides is 1. The van der Waals surface area contributed by atoms with E-state index in [4.69, 9.17) is 5.11 Å². The van der Waals surface area contributed by atoms with Gasteiger partial charge in [-0.2, -0.15) is 0 Å². The van der Waals surface area contributed by atoms with Crippen molar-refractivity contribution in [1.82, 2.24) is 9.88 Å². The number of aromatic nitrogens is 1. The molecule has 9 heteroatoms. The van der Waals surface area contributed by atoms with Crippen LogP contribution in [-0.4, -0.2) is 63.1 Å². The van der Waals surface area contributed by atoms with E-state index >= 15 is 0 Å². The van der Waals surface area contributed by atoms with Crippen LogP contribution in [0.25, 0.3) is 0 Å². The van der Waals surface area contributed by atoms with E-state index in [-0.39, 0.29) is 30.5 Å². The quantitative estimate of drug-likeness (QED) is 0.230. The van der Waals surface area contributed by atoms with Crippen LogP contribution in [0.5, 0.6) is 0 Å². The molecule has 2 atom stereocenters. The molecule has 2 aliphatic rings. The molecule has 2 heterocycles. The normalized spacial score (nSPS) is 21.2. The van der Waals surface area contributed by atoms with Crippen LogP contribution in [0.4, 0.5) is 4.39 Å². The lowest BCUT2D eigenvalue weighted by Crippen LogP contribution is -2.41. The first-order chi connectivity index (χ1) is 15.4. The molecule has 1 aliphatic heterocycles. The van der Waals surface area contributed by atoms with E-state index in [0.717, 1.165) is 54.3 Å². The molecule has 0 aromatic carbocycles. The number of amides is 1. The summed E-state index contributed by atoms with van der Waals surface area (Å²) < 4.78 is 13.3. The number of carbonyl (C=O) groups excluding carboxylic acids is 1. The number of hydrogen-bond donors (Lipinski definition) is 2. The van der Waals surface area contributed by atoms with Crippen LogP contribution >= 0.6 is 23.1 Å². The predicted molar refractivity (Wildman–Crippen MR) is 125 cm³/mol. The van der Waals surface area contributed by atoms with Crippen LogP contribution < -0.4 is 0 Å². The number of hydrogen-bond acceptors (Lipinski definition) is 6. The van der Waals surface area contributed by atoms with Gasteiger partial charge in [-0.1, -0.05) is 36.8 Å². The third-order valence-electron chi connectivity index (χ3n) is 6.61. The zero-order chi connectivity index (χ0) is 23.0. The number of thiazole rings is 1. The summed E-state index contributed by atoms with van der Waals surface area (Å²) in [6.07, 6.45) is 10.4. The lowest BCUT2D eigenvalue weighted by atomic mass is 9.62. The average molecular weight is 485 g/mol. The lowest BCUT2D eigenvalue weighted by Gasteiger charge is -2.45. The van der Waals surface area contributed by atoms with Crippen LogP contribution in [-0.2, 0) is 16.0 Å². The first-order valence-corrected chi connectivity index (χ1v) is 13.3. The topological polar surface area (TPSA) is 90.7 Å². The minimum atomic E-state index is -0.827. The van der Waals surface area contributed by atoms with Crippen LogP contribution in [0.15, 0.2) is 21.9 Å². The van der Waals surface area contributed by atoms with Gasteiger partial charge in [-0.05, 0) is 37.5 Å². The Kier molecular flexibility index (Phi) is 9.55.